The van der Waals surface area contributed by atoms with Gasteiger partial charge in [0.2, 0.25) is 5.91 Å². The van der Waals surface area contributed by atoms with Crippen molar-refractivity contribution in [3.8, 4) is 0 Å². The van der Waals surface area contributed by atoms with E-state index >= 15 is 0 Å². The Hall–Kier alpha value is -0.630. The standard InChI is InChI=1S/C23H27Br2N3O.2ClH/c1-2-27(16-17-13-19(24)15-20(25)14-17)22(29)23(28-11-9-26-10-12-28)8-7-18-5-3-4-6-21(18)23;;/h3-6,13-15,26H,2,7-12,16H2,1H3;2*1H/t23-;;/m0../s1. The third-order valence-electron chi connectivity index (χ3n) is 6.19. The summed E-state index contributed by atoms with van der Waals surface area (Å²) >= 11 is 7.15. The van der Waals surface area contributed by atoms with Crippen molar-refractivity contribution in [2.75, 3.05) is 32.7 Å². The molecule has 2 aromatic rings. The number of rotatable bonds is 5. The Labute approximate surface area is 214 Å². The summed E-state index contributed by atoms with van der Waals surface area (Å²) < 4.78 is 2.04. The molecule has 1 aliphatic carbocycles. The minimum Gasteiger partial charge on any atom is -0.337 e. The van der Waals surface area contributed by atoms with Crippen molar-refractivity contribution in [3.63, 3.8) is 0 Å². The molecule has 1 amide bonds. The lowest BCUT2D eigenvalue weighted by atomic mass is 9.87. The molecule has 0 saturated carbocycles. The summed E-state index contributed by atoms with van der Waals surface area (Å²) in [5, 5.41) is 3.44. The summed E-state index contributed by atoms with van der Waals surface area (Å²) in [7, 11) is 0. The molecule has 8 heteroatoms. The number of halogens is 4. The number of benzene rings is 2. The molecule has 2 aliphatic rings. The summed E-state index contributed by atoms with van der Waals surface area (Å²) in [4.78, 5) is 18.6. The van der Waals surface area contributed by atoms with Crippen molar-refractivity contribution in [2.24, 2.45) is 0 Å². The van der Waals surface area contributed by atoms with E-state index in [-0.39, 0.29) is 30.7 Å². The molecule has 0 aromatic heterocycles. The van der Waals surface area contributed by atoms with Crippen LogP contribution in [0.3, 0.4) is 0 Å². The maximum atomic E-state index is 14.2. The van der Waals surface area contributed by atoms with Crippen LogP contribution in [0.15, 0.2) is 51.4 Å². The normalized spacial score (nSPS) is 20.4. The Kier molecular flexibility index (Phi) is 9.86. The molecule has 1 atom stereocenters. The van der Waals surface area contributed by atoms with Gasteiger partial charge in [-0.15, -0.1) is 24.8 Å². The van der Waals surface area contributed by atoms with Gasteiger partial charge >= 0.3 is 0 Å². The number of aryl methyl sites for hydroxylation is 1. The smallest absolute Gasteiger partial charge is 0.248 e. The summed E-state index contributed by atoms with van der Waals surface area (Å²) in [5.41, 5.74) is 3.11. The monoisotopic (exact) mass is 591 g/mol. The third-order valence-corrected chi connectivity index (χ3v) is 7.11. The molecule has 1 fully saturated rings. The fourth-order valence-electron chi connectivity index (χ4n) is 4.84. The Balaban J connectivity index is 0.00000171. The van der Waals surface area contributed by atoms with E-state index in [1.165, 1.54) is 11.1 Å². The lowest BCUT2D eigenvalue weighted by molar-refractivity contribution is -0.147. The molecule has 1 saturated heterocycles. The maximum absolute atomic E-state index is 14.2. The summed E-state index contributed by atoms with van der Waals surface area (Å²) in [6.45, 7) is 7.06. The molecule has 0 bridgehead atoms. The molecule has 0 spiro atoms. The molecule has 1 heterocycles. The van der Waals surface area contributed by atoms with Gasteiger partial charge in [0.15, 0.2) is 0 Å². The van der Waals surface area contributed by atoms with Crippen LogP contribution in [-0.2, 0) is 23.3 Å². The Morgan fingerprint density at radius 2 is 1.74 bits per heavy atom. The van der Waals surface area contributed by atoms with E-state index in [4.69, 9.17) is 0 Å². The van der Waals surface area contributed by atoms with Crippen LogP contribution in [0.2, 0.25) is 0 Å². The summed E-state index contributed by atoms with van der Waals surface area (Å²) in [5.74, 6) is 0.239. The van der Waals surface area contributed by atoms with Crippen LogP contribution in [0.1, 0.15) is 30.0 Å². The highest BCUT2D eigenvalue weighted by Crippen LogP contribution is 2.43. The minimum atomic E-state index is -0.544. The van der Waals surface area contributed by atoms with Gasteiger partial charge in [-0.05, 0) is 54.7 Å². The number of carbonyl (C=O) groups excluding carboxylic acids is 1. The fraction of sp³-hybridized carbons (Fsp3) is 0.435. The van der Waals surface area contributed by atoms with Gasteiger partial charge < -0.3 is 10.2 Å². The minimum absolute atomic E-state index is 0. The van der Waals surface area contributed by atoms with Crippen LogP contribution in [0.5, 0.6) is 0 Å². The number of fused-ring (bicyclic) bond motifs is 1. The molecule has 31 heavy (non-hydrogen) atoms. The second kappa shape index (κ2) is 11.5. The molecular weight excluding hydrogens is 565 g/mol. The van der Waals surface area contributed by atoms with Gasteiger partial charge in [0, 0.05) is 48.2 Å². The molecule has 0 radical (unpaired) electrons. The molecular formula is C23H29Br2Cl2N3O. The van der Waals surface area contributed by atoms with E-state index in [0.717, 1.165) is 53.5 Å². The topological polar surface area (TPSA) is 35.6 Å². The molecule has 4 rings (SSSR count). The van der Waals surface area contributed by atoms with E-state index in [1.807, 2.05) is 11.0 Å². The van der Waals surface area contributed by atoms with Crippen molar-refractivity contribution >= 4 is 62.6 Å². The number of hydrogen-bond donors (Lipinski definition) is 1. The van der Waals surface area contributed by atoms with Crippen molar-refractivity contribution in [1.29, 1.82) is 0 Å². The second-order valence-corrected chi connectivity index (χ2v) is 9.68. The molecule has 170 valence electrons. The SMILES string of the molecule is CCN(Cc1cc(Br)cc(Br)c1)C(=O)[C@]1(N2CCNCC2)CCc2ccccc21.Cl.Cl. The van der Waals surface area contributed by atoms with Crippen molar-refractivity contribution in [2.45, 2.75) is 31.8 Å². The summed E-state index contributed by atoms with van der Waals surface area (Å²) in [6.07, 6.45) is 1.83. The predicted molar refractivity (Wildman–Crippen MR) is 138 cm³/mol. The number of hydrogen-bond acceptors (Lipinski definition) is 3. The van der Waals surface area contributed by atoms with E-state index in [0.29, 0.717) is 13.1 Å². The number of nitrogens with zero attached hydrogens (tertiary/aromatic N) is 2. The number of amides is 1. The zero-order valence-electron chi connectivity index (χ0n) is 17.6. The van der Waals surface area contributed by atoms with Gasteiger partial charge in [0.1, 0.15) is 5.54 Å². The van der Waals surface area contributed by atoms with Crippen molar-refractivity contribution in [3.05, 3.63) is 68.1 Å². The largest absolute Gasteiger partial charge is 0.337 e. The first-order chi connectivity index (χ1) is 14.0. The zero-order valence-corrected chi connectivity index (χ0v) is 22.4. The first-order valence-electron chi connectivity index (χ1n) is 10.3. The number of piperazine rings is 1. The van der Waals surface area contributed by atoms with Gasteiger partial charge in [0.05, 0.1) is 0 Å². The van der Waals surface area contributed by atoms with Crippen LogP contribution in [0.25, 0.3) is 0 Å². The zero-order chi connectivity index (χ0) is 20.4. The summed E-state index contributed by atoms with van der Waals surface area (Å²) in [6, 6.07) is 14.8. The first-order valence-corrected chi connectivity index (χ1v) is 11.9. The molecule has 4 nitrogen and oxygen atoms in total. The van der Waals surface area contributed by atoms with Gasteiger partial charge in [0.25, 0.3) is 0 Å². The predicted octanol–water partition coefficient (Wildman–Crippen LogP) is 5.15. The third kappa shape index (κ3) is 5.31. The lowest BCUT2D eigenvalue weighted by Crippen LogP contribution is -2.60. The van der Waals surface area contributed by atoms with Gasteiger partial charge in [-0.2, -0.15) is 0 Å². The van der Waals surface area contributed by atoms with Crippen LogP contribution >= 0.6 is 56.7 Å². The van der Waals surface area contributed by atoms with Crippen LogP contribution in [0.4, 0.5) is 0 Å². The number of carbonyl (C=O) groups is 1. The number of likely N-dealkylation sites (N-methyl/N-ethyl adjacent to an activating group) is 1. The van der Waals surface area contributed by atoms with Crippen LogP contribution in [-0.4, -0.2) is 48.4 Å². The maximum Gasteiger partial charge on any atom is 0.248 e. The Bertz CT molecular complexity index is 888. The van der Waals surface area contributed by atoms with Crippen LogP contribution < -0.4 is 5.32 Å². The molecule has 1 N–H and O–H groups in total. The average molecular weight is 594 g/mol. The van der Waals surface area contributed by atoms with E-state index < -0.39 is 5.54 Å². The van der Waals surface area contributed by atoms with E-state index in [9.17, 15) is 4.79 Å². The van der Waals surface area contributed by atoms with E-state index in [2.05, 4.69) is 85.4 Å². The van der Waals surface area contributed by atoms with Crippen molar-refractivity contribution in [1.82, 2.24) is 15.1 Å². The Morgan fingerprint density at radius 1 is 1.10 bits per heavy atom. The first kappa shape index (κ1) is 26.6. The van der Waals surface area contributed by atoms with Gasteiger partial charge in [-0.3, -0.25) is 9.69 Å². The average Bonchev–Trinajstić information content (AvgIpc) is 3.12. The highest BCUT2D eigenvalue weighted by molar-refractivity contribution is 9.11. The molecule has 0 unspecified atom stereocenters. The van der Waals surface area contributed by atoms with Gasteiger partial charge in [-0.1, -0.05) is 56.1 Å². The molecule has 2 aromatic carbocycles. The molecule has 1 aliphatic heterocycles. The fourth-order valence-corrected chi connectivity index (χ4v) is 6.22. The quantitative estimate of drug-likeness (QED) is 0.521. The van der Waals surface area contributed by atoms with Crippen molar-refractivity contribution < 1.29 is 4.79 Å². The van der Waals surface area contributed by atoms with Gasteiger partial charge in [-0.25, -0.2) is 0 Å². The second-order valence-electron chi connectivity index (χ2n) is 7.85. The lowest BCUT2D eigenvalue weighted by Gasteiger charge is -2.45. The van der Waals surface area contributed by atoms with Crippen LogP contribution in [0, 0.1) is 0 Å². The highest BCUT2D eigenvalue weighted by atomic mass is 79.9. The number of nitrogens with one attached hydrogen (secondary N) is 1. The highest BCUT2D eigenvalue weighted by Gasteiger charge is 2.51. The Morgan fingerprint density at radius 3 is 2.39 bits per heavy atom. The van der Waals surface area contributed by atoms with E-state index in [1.54, 1.807) is 0 Å².